The number of carbonyl (C=O) groups excluding carboxylic acids is 1. The van der Waals surface area contributed by atoms with Gasteiger partial charge in [-0.2, -0.15) is 0 Å². The Morgan fingerprint density at radius 1 is 1.10 bits per heavy atom. The van der Waals surface area contributed by atoms with E-state index in [2.05, 4.69) is 20.6 Å². The van der Waals surface area contributed by atoms with Gasteiger partial charge in [-0.3, -0.25) is 4.79 Å². The maximum atomic E-state index is 13.3. The molecule has 0 aliphatic heterocycles. The van der Waals surface area contributed by atoms with Gasteiger partial charge in [-0.05, 0) is 50.7 Å². The second-order valence-electron chi connectivity index (χ2n) is 7.80. The Morgan fingerprint density at radius 3 is 2.43 bits per heavy atom. The van der Waals surface area contributed by atoms with Crippen molar-refractivity contribution in [2.45, 2.75) is 45.1 Å². The van der Waals surface area contributed by atoms with Crippen LogP contribution in [0.2, 0.25) is 0 Å². The molecule has 1 saturated carbocycles. The molecule has 3 rings (SSSR count). The molecule has 0 atom stereocenters. The van der Waals surface area contributed by atoms with Crippen molar-refractivity contribution in [1.82, 2.24) is 9.97 Å². The zero-order valence-corrected chi connectivity index (χ0v) is 18.2. The average Bonchev–Trinajstić information content (AvgIpc) is 2.66. The third-order valence-electron chi connectivity index (χ3n) is 5.16. The number of nitrogens with zero attached hydrogens (tertiary/aromatic N) is 3. The number of hydrogen-bond acceptors (Lipinski definition) is 5. The maximum absolute atomic E-state index is 13.3. The molecule has 0 spiro atoms. The number of nitrogens with one attached hydrogen (secondary N) is 2. The fourth-order valence-corrected chi connectivity index (χ4v) is 3.62. The van der Waals surface area contributed by atoms with Crippen LogP contribution in [0.15, 0.2) is 24.3 Å². The van der Waals surface area contributed by atoms with Crippen LogP contribution < -0.4 is 15.5 Å². The molecule has 1 aliphatic carbocycles. The van der Waals surface area contributed by atoms with Gasteiger partial charge in [0.2, 0.25) is 5.91 Å². The summed E-state index contributed by atoms with van der Waals surface area (Å²) in [6, 6.07) is 5.62. The predicted octanol–water partition coefficient (Wildman–Crippen LogP) is 4.55. The molecule has 1 aromatic carbocycles. The number of rotatable bonds is 6. The molecule has 0 saturated heterocycles. The number of halogens is 3. The molecule has 1 heterocycles. The van der Waals surface area contributed by atoms with E-state index in [1.807, 2.05) is 32.0 Å². The quantitative estimate of drug-likeness (QED) is 0.691. The Hall–Kier alpha value is -2.48. The van der Waals surface area contributed by atoms with Crippen molar-refractivity contribution in [3.63, 3.8) is 0 Å². The van der Waals surface area contributed by atoms with E-state index in [0.717, 1.165) is 55.3 Å². The molecule has 0 unspecified atom stereocenters. The fourth-order valence-electron chi connectivity index (χ4n) is 3.62. The van der Waals surface area contributed by atoms with E-state index in [9.17, 15) is 13.6 Å². The standard InChI is InChI=1S/C21H27F2N5O.ClH/c1-13-24-19(12-20(25-13)28(2)3)26-15-6-4-14(5-7-15)10-21(29)27-16-8-9-17(22)18(23)11-16;/h8-9,11-12,14-15H,4-7,10H2,1-3H3,(H,27,29)(H,24,25,26);1H. The highest BCUT2D eigenvalue weighted by Gasteiger charge is 2.23. The highest BCUT2D eigenvalue weighted by molar-refractivity contribution is 5.90. The first-order valence-electron chi connectivity index (χ1n) is 9.84. The number of aryl methyl sites for hydroxylation is 1. The van der Waals surface area contributed by atoms with Gasteiger partial charge in [0.25, 0.3) is 0 Å². The minimum Gasteiger partial charge on any atom is -0.367 e. The Labute approximate surface area is 181 Å². The van der Waals surface area contributed by atoms with Crippen molar-refractivity contribution in [3.8, 4) is 0 Å². The van der Waals surface area contributed by atoms with Gasteiger partial charge in [-0.1, -0.05) is 0 Å². The summed E-state index contributed by atoms with van der Waals surface area (Å²) in [6.45, 7) is 1.88. The summed E-state index contributed by atoms with van der Waals surface area (Å²) < 4.78 is 26.2. The molecule has 2 aromatic rings. The Morgan fingerprint density at radius 2 is 1.80 bits per heavy atom. The highest BCUT2D eigenvalue weighted by atomic mass is 35.5. The lowest BCUT2D eigenvalue weighted by Crippen LogP contribution is -2.28. The SMILES string of the molecule is Cc1nc(NC2CCC(CC(=O)Nc3ccc(F)c(F)c3)CC2)cc(N(C)C)n1.Cl. The first kappa shape index (κ1) is 23.8. The molecular formula is C21H28ClF2N5O. The van der Waals surface area contributed by atoms with E-state index in [0.29, 0.717) is 12.5 Å². The molecule has 9 heteroatoms. The average molecular weight is 440 g/mol. The predicted molar refractivity (Wildman–Crippen MR) is 117 cm³/mol. The largest absolute Gasteiger partial charge is 0.367 e. The Bertz CT molecular complexity index is 872. The second kappa shape index (κ2) is 10.5. The highest BCUT2D eigenvalue weighted by Crippen LogP contribution is 2.29. The molecule has 1 aliphatic rings. The van der Waals surface area contributed by atoms with E-state index in [1.165, 1.54) is 6.07 Å². The smallest absolute Gasteiger partial charge is 0.224 e. The van der Waals surface area contributed by atoms with E-state index in [1.54, 1.807) is 0 Å². The van der Waals surface area contributed by atoms with E-state index in [-0.39, 0.29) is 29.9 Å². The lowest BCUT2D eigenvalue weighted by atomic mass is 9.84. The second-order valence-corrected chi connectivity index (χ2v) is 7.80. The third kappa shape index (κ3) is 6.52. The van der Waals surface area contributed by atoms with Crippen LogP contribution >= 0.6 is 12.4 Å². The molecule has 1 aromatic heterocycles. The van der Waals surface area contributed by atoms with Gasteiger partial charge < -0.3 is 15.5 Å². The fraction of sp³-hybridized carbons (Fsp3) is 0.476. The first-order chi connectivity index (χ1) is 13.8. The van der Waals surface area contributed by atoms with Crippen LogP contribution in [0.1, 0.15) is 37.9 Å². The maximum Gasteiger partial charge on any atom is 0.224 e. The summed E-state index contributed by atoms with van der Waals surface area (Å²) in [6.07, 6.45) is 4.12. The van der Waals surface area contributed by atoms with Gasteiger partial charge in [0.15, 0.2) is 11.6 Å². The van der Waals surface area contributed by atoms with Crippen LogP contribution in [0.25, 0.3) is 0 Å². The zero-order chi connectivity index (χ0) is 21.0. The molecule has 0 bridgehead atoms. The molecule has 1 amide bonds. The van der Waals surface area contributed by atoms with E-state index in [4.69, 9.17) is 0 Å². The monoisotopic (exact) mass is 439 g/mol. The minimum atomic E-state index is -0.966. The minimum absolute atomic E-state index is 0. The summed E-state index contributed by atoms with van der Waals surface area (Å²) in [4.78, 5) is 23.0. The summed E-state index contributed by atoms with van der Waals surface area (Å²) >= 11 is 0. The van der Waals surface area contributed by atoms with Gasteiger partial charge in [0.1, 0.15) is 17.5 Å². The molecule has 164 valence electrons. The molecular weight excluding hydrogens is 412 g/mol. The Kier molecular flexibility index (Phi) is 8.34. The van der Waals surface area contributed by atoms with Crippen LogP contribution in [0.4, 0.5) is 26.1 Å². The van der Waals surface area contributed by atoms with Crippen LogP contribution in [0, 0.1) is 24.5 Å². The van der Waals surface area contributed by atoms with Gasteiger partial charge in [0.05, 0.1) is 0 Å². The summed E-state index contributed by atoms with van der Waals surface area (Å²) in [5, 5.41) is 6.14. The van der Waals surface area contributed by atoms with Gasteiger partial charge in [-0.15, -0.1) is 12.4 Å². The van der Waals surface area contributed by atoms with Crippen LogP contribution in [0.5, 0.6) is 0 Å². The van der Waals surface area contributed by atoms with Crippen molar-refractivity contribution in [1.29, 1.82) is 0 Å². The van der Waals surface area contributed by atoms with Crippen molar-refractivity contribution in [2.24, 2.45) is 5.92 Å². The van der Waals surface area contributed by atoms with Crippen LogP contribution in [-0.4, -0.2) is 36.0 Å². The summed E-state index contributed by atoms with van der Waals surface area (Å²) in [5.41, 5.74) is 0.278. The lowest BCUT2D eigenvalue weighted by molar-refractivity contribution is -0.117. The van der Waals surface area contributed by atoms with Crippen molar-refractivity contribution in [2.75, 3.05) is 29.6 Å². The molecule has 6 nitrogen and oxygen atoms in total. The topological polar surface area (TPSA) is 70.2 Å². The molecule has 0 radical (unpaired) electrons. The summed E-state index contributed by atoms with van der Waals surface area (Å²) in [5.74, 6) is 0.624. The zero-order valence-electron chi connectivity index (χ0n) is 17.4. The van der Waals surface area contributed by atoms with E-state index < -0.39 is 11.6 Å². The first-order valence-corrected chi connectivity index (χ1v) is 9.84. The number of anilines is 3. The third-order valence-corrected chi connectivity index (χ3v) is 5.16. The van der Waals surface area contributed by atoms with Crippen molar-refractivity contribution >= 4 is 35.6 Å². The summed E-state index contributed by atoms with van der Waals surface area (Å²) in [7, 11) is 3.89. The number of benzene rings is 1. The van der Waals surface area contributed by atoms with Gasteiger partial charge in [-0.25, -0.2) is 18.7 Å². The van der Waals surface area contributed by atoms with Gasteiger partial charge in [0, 0.05) is 44.4 Å². The molecule has 30 heavy (non-hydrogen) atoms. The Balaban J connectivity index is 0.00000320. The van der Waals surface area contributed by atoms with Crippen molar-refractivity contribution in [3.05, 3.63) is 41.7 Å². The number of hydrogen-bond donors (Lipinski definition) is 2. The van der Waals surface area contributed by atoms with Gasteiger partial charge >= 0.3 is 0 Å². The molecule has 1 fully saturated rings. The van der Waals surface area contributed by atoms with Crippen molar-refractivity contribution < 1.29 is 13.6 Å². The number of carbonyl (C=O) groups is 1. The van der Waals surface area contributed by atoms with Crippen LogP contribution in [-0.2, 0) is 4.79 Å². The molecule has 2 N–H and O–H groups in total. The van der Waals surface area contributed by atoms with E-state index >= 15 is 0 Å². The number of amides is 1. The number of aromatic nitrogens is 2. The van der Waals surface area contributed by atoms with Crippen LogP contribution in [0.3, 0.4) is 0 Å². The lowest BCUT2D eigenvalue weighted by Gasteiger charge is -2.29. The normalized spacial score (nSPS) is 18.3.